The molecule has 0 bridgehead atoms. The molecule has 0 saturated heterocycles. The van der Waals surface area contributed by atoms with Crippen LogP contribution in [0.15, 0.2) is 28.7 Å². The summed E-state index contributed by atoms with van der Waals surface area (Å²) >= 11 is 2.95. The second kappa shape index (κ2) is 6.03. The van der Waals surface area contributed by atoms with Gasteiger partial charge in [-0.2, -0.15) is 0 Å². The average Bonchev–Trinajstić information content (AvgIpc) is 2.82. The summed E-state index contributed by atoms with van der Waals surface area (Å²) in [4.78, 5) is 26.2. The van der Waals surface area contributed by atoms with Gasteiger partial charge in [0.15, 0.2) is 0 Å². The van der Waals surface area contributed by atoms with Gasteiger partial charge in [0.2, 0.25) is 5.91 Å². The lowest BCUT2D eigenvalue weighted by Crippen LogP contribution is -2.41. The van der Waals surface area contributed by atoms with E-state index in [4.69, 9.17) is 5.11 Å². The Labute approximate surface area is 118 Å². The zero-order valence-corrected chi connectivity index (χ0v) is 11.8. The number of amides is 1. The molecule has 0 radical (unpaired) electrons. The van der Waals surface area contributed by atoms with E-state index in [1.54, 1.807) is 17.5 Å². The van der Waals surface area contributed by atoms with Gasteiger partial charge in [-0.05, 0) is 17.5 Å². The van der Waals surface area contributed by atoms with Gasteiger partial charge in [-0.3, -0.25) is 4.79 Å². The molecule has 5 nitrogen and oxygen atoms in total. The molecule has 0 fully saturated rings. The number of carbonyl (C=O) groups is 2. The Balaban J connectivity index is 2.10. The zero-order valence-electron chi connectivity index (χ0n) is 10.1. The smallest absolute Gasteiger partial charge is 0.327 e. The van der Waals surface area contributed by atoms with Gasteiger partial charge < -0.3 is 10.4 Å². The first-order valence-electron chi connectivity index (χ1n) is 5.53. The van der Waals surface area contributed by atoms with E-state index in [-0.39, 0.29) is 11.7 Å². The quantitative estimate of drug-likeness (QED) is 0.825. The molecule has 2 aromatic rings. The lowest BCUT2D eigenvalue weighted by Gasteiger charge is -2.12. The number of carboxylic acid groups (broad SMARTS) is 1. The van der Waals surface area contributed by atoms with Crippen molar-refractivity contribution in [3.8, 4) is 0 Å². The summed E-state index contributed by atoms with van der Waals surface area (Å²) in [6, 6.07) is 2.98. The molecule has 100 valence electrons. The Morgan fingerprint density at radius 1 is 1.53 bits per heavy atom. The third-order valence-electron chi connectivity index (χ3n) is 2.41. The van der Waals surface area contributed by atoms with Crippen molar-refractivity contribution in [1.82, 2.24) is 10.3 Å². The fourth-order valence-corrected chi connectivity index (χ4v) is 3.43. The molecule has 0 saturated carbocycles. The summed E-state index contributed by atoms with van der Waals surface area (Å²) < 4.78 is 1.11. The second-order valence-electron chi connectivity index (χ2n) is 3.85. The molecule has 2 rings (SSSR count). The molecule has 2 N–H and O–H groups in total. The minimum Gasteiger partial charge on any atom is -0.480 e. The number of pyridine rings is 1. The van der Waals surface area contributed by atoms with Crippen LogP contribution in [0.5, 0.6) is 0 Å². The SMILES string of the molecule is CC(=O)N[C@@H](CSc1nccc2sccc12)C(=O)O. The molecule has 1 atom stereocenters. The van der Waals surface area contributed by atoms with Crippen LogP contribution in [-0.4, -0.2) is 33.8 Å². The molecule has 1 amide bonds. The molecule has 0 aliphatic carbocycles. The zero-order chi connectivity index (χ0) is 13.8. The summed E-state index contributed by atoms with van der Waals surface area (Å²) in [5.41, 5.74) is 0. The van der Waals surface area contributed by atoms with Crippen LogP contribution in [-0.2, 0) is 9.59 Å². The van der Waals surface area contributed by atoms with E-state index in [9.17, 15) is 9.59 Å². The van der Waals surface area contributed by atoms with Crippen LogP contribution in [0.25, 0.3) is 10.1 Å². The number of aromatic nitrogens is 1. The summed E-state index contributed by atoms with van der Waals surface area (Å²) in [5, 5.41) is 15.2. The highest BCUT2D eigenvalue weighted by molar-refractivity contribution is 7.99. The van der Waals surface area contributed by atoms with Gasteiger partial charge in [0, 0.05) is 29.0 Å². The van der Waals surface area contributed by atoms with Gasteiger partial charge in [-0.1, -0.05) is 0 Å². The topological polar surface area (TPSA) is 79.3 Å². The predicted octanol–water partition coefficient (Wildman–Crippen LogP) is 1.98. The van der Waals surface area contributed by atoms with Crippen LogP contribution >= 0.6 is 23.1 Å². The molecule has 0 aliphatic rings. The first-order chi connectivity index (χ1) is 9.08. The van der Waals surface area contributed by atoms with E-state index in [0.29, 0.717) is 0 Å². The Bertz CT molecular complexity index is 612. The van der Waals surface area contributed by atoms with E-state index in [0.717, 1.165) is 15.1 Å². The van der Waals surface area contributed by atoms with Crippen LogP contribution < -0.4 is 5.32 Å². The van der Waals surface area contributed by atoms with Crippen LogP contribution in [0, 0.1) is 0 Å². The number of carbonyl (C=O) groups excluding carboxylic acids is 1. The van der Waals surface area contributed by atoms with E-state index in [1.807, 2.05) is 17.5 Å². The van der Waals surface area contributed by atoms with Crippen LogP contribution in [0.1, 0.15) is 6.92 Å². The summed E-state index contributed by atoms with van der Waals surface area (Å²) in [6.07, 6.45) is 1.70. The number of hydrogen-bond acceptors (Lipinski definition) is 5. The molecule has 0 aromatic carbocycles. The number of fused-ring (bicyclic) bond motifs is 1. The van der Waals surface area contributed by atoms with E-state index < -0.39 is 12.0 Å². The van der Waals surface area contributed by atoms with Crippen LogP contribution in [0.3, 0.4) is 0 Å². The maximum absolute atomic E-state index is 11.0. The fourth-order valence-electron chi connectivity index (χ4n) is 1.57. The van der Waals surface area contributed by atoms with Gasteiger partial charge in [-0.15, -0.1) is 23.1 Å². The van der Waals surface area contributed by atoms with Gasteiger partial charge in [0.05, 0.1) is 0 Å². The van der Waals surface area contributed by atoms with E-state index >= 15 is 0 Å². The number of rotatable bonds is 5. The third kappa shape index (κ3) is 3.45. The molecule has 7 heteroatoms. The molecule has 2 aromatic heterocycles. The van der Waals surface area contributed by atoms with Gasteiger partial charge >= 0.3 is 5.97 Å². The summed E-state index contributed by atoms with van der Waals surface area (Å²) in [5.74, 6) is -1.15. The van der Waals surface area contributed by atoms with Crippen molar-refractivity contribution in [2.45, 2.75) is 18.0 Å². The largest absolute Gasteiger partial charge is 0.480 e. The highest BCUT2D eigenvalue weighted by atomic mass is 32.2. The predicted molar refractivity (Wildman–Crippen MR) is 75.6 cm³/mol. The highest BCUT2D eigenvalue weighted by Crippen LogP contribution is 2.29. The fraction of sp³-hybridized carbons (Fsp3) is 0.250. The van der Waals surface area contributed by atoms with Crippen LogP contribution in [0.4, 0.5) is 0 Å². The number of thioether (sulfide) groups is 1. The first kappa shape index (κ1) is 13.8. The average molecular weight is 296 g/mol. The lowest BCUT2D eigenvalue weighted by molar-refractivity contribution is -0.140. The standard InChI is InChI=1S/C12H12N2O3S2/c1-7(15)14-9(12(16)17)6-19-11-8-3-5-18-10(8)2-4-13-11/h2-5,9H,6H2,1H3,(H,14,15)(H,16,17)/t9-/m0/s1. The molecule has 19 heavy (non-hydrogen) atoms. The minimum atomic E-state index is -1.04. The maximum atomic E-state index is 11.0. The van der Waals surface area contributed by atoms with E-state index in [2.05, 4.69) is 10.3 Å². The Hall–Kier alpha value is -1.60. The lowest BCUT2D eigenvalue weighted by atomic mass is 10.3. The van der Waals surface area contributed by atoms with Crippen molar-refractivity contribution >= 4 is 45.1 Å². The van der Waals surface area contributed by atoms with Gasteiger partial charge in [-0.25, -0.2) is 9.78 Å². The number of nitrogens with zero attached hydrogens (tertiary/aromatic N) is 1. The third-order valence-corrected chi connectivity index (χ3v) is 4.39. The minimum absolute atomic E-state index is 0.247. The first-order valence-corrected chi connectivity index (χ1v) is 7.39. The highest BCUT2D eigenvalue weighted by Gasteiger charge is 2.19. The molecule has 0 aliphatic heterocycles. The Morgan fingerprint density at radius 3 is 3.00 bits per heavy atom. The molecular weight excluding hydrogens is 284 g/mol. The second-order valence-corrected chi connectivity index (χ2v) is 5.81. The number of carboxylic acids is 1. The molecule has 2 heterocycles. The summed E-state index contributed by atoms with van der Waals surface area (Å²) in [6.45, 7) is 1.30. The molecule has 0 spiro atoms. The maximum Gasteiger partial charge on any atom is 0.327 e. The van der Waals surface area contributed by atoms with Crippen molar-refractivity contribution < 1.29 is 14.7 Å². The Morgan fingerprint density at radius 2 is 2.32 bits per heavy atom. The van der Waals surface area contributed by atoms with E-state index in [1.165, 1.54) is 18.7 Å². The van der Waals surface area contributed by atoms with Crippen molar-refractivity contribution in [2.75, 3.05) is 5.75 Å². The monoisotopic (exact) mass is 296 g/mol. The number of nitrogens with one attached hydrogen (secondary N) is 1. The van der Waals surface area contributed by atoms with Gasteiger partial charge in [0.25, 0.3) is 0 Å². The van der Waals surface area contributed by atoms with Crippen molar-refractivity contribution in [1.29, 1.82) is 0 Å². The summed E-state index contributed by atoms with van der Waals surface area (Å²) in [7, 11) is 0. The number of thiophene rings is 1. The number of aliphatic carboxylic acids is 1. The van der Waals surface area contributed by atoms with Crippen LogP contribution in [0.2, 0.25) is 0 Å². The molecular formula is C12H12N2O3S2. The Kier molecular flexibility index (Phi) is 4.39. The van der Waals surface area contributed by atoms with Crippen molar-refractivity contribution in [2.24, 2.45) is 0 Å². The molecule has 0 unspecified atom stereocenters. The van der Waals surface area contributed by atoms with Crippen molar-refractivity contribution in [3.05, 3.63) is 23.7 Å². The number of hydrogen-bond donors (Lipinski definition) is 2. The van der Waals surface area contributed by atoms with Gasteiger partial charge in [0.1, 0.15) is 11.1 Å². The van der Waals surface area contributed by atoms with Crippen molar-refractivity contribution in [3.63, 3.8) is 0 Å². The normalized spacial score (nSPS) is 12.3.